The van der Waals surface area contributed by atoms with E-state index in [1.54, 1.807) is 0 Å². The van der Waals surface area contributed by atoms with Crippen molar-refractivity contribution in [3.8, 4) is 0 Å². The quantitative estimate of drug-likeness (QED) is 0.206. The van der Waals surface area contributed by atoms with Crippen LogP contribution in [0.1, 0.15) is 47.9 Å². The molecule has 40 heavy (non-hydrogen) atoms. The van der Waals surface area contributed by atoms with Crippen molar-refractivity contribution in [2.75, 3.05) is 0 Å². The number of benzene rings is 3. The molecule has 0 heterocycles. The van der Waals surface area contributed by atoms with Crippen molar-refractivity contribution in [3.63, 3.8) is 0 Å². The van der Waals surface area contributed by atoms with E-state index in [0.29, 0.717) is 30.5 Å². The first-order valence-electron chi connectivity index (χ1n) is 12.2. The van der Waals surface area contributed by atoms with Gasteiger partial charge in [0, 0.05) is 11.1 Å². The molecule has 0 N–H and O–H groups in total. The third-order valence-corrected chi connectivity index (χ3v) is 9.88. The van der Waals surface area contributed by atoms with E-state index in [9.17, 15) is 43.5 Å². The molecule has 1 aliphatic carbocycles. The van der Waals surface area contributed by atoms with Gasteiger partial charge in [-0.1, -0.05) is 49.2 Å². The van der Waals surface area contributed by atoms with Gasteiger partial charge in [-0.25, -0.2) is 17.2 Å². The highest BCUT2D eigenvalue weighted by molar-refractivity contribution is 7.92. The summed E-state index contributed by atoms with van der Waals surface area (Å²) >= 11 is 0. The van der Waals surface area contributed by atoms with Crippen LogP contribution in [0.4, 0.5) is 35.1 Å². The molecule has 0 aromatic heterocycles. The third-order valence-electron chi connectivity index (χ3n) is 7.32. The highest BCUT2D eigenvalue weighted by Crippen LogP contribution is 2.54. The van der Waals surface area contributed by atoms with E-state index in [1.807, 2.05) is 0 Å². The molecule has 1 fully saturated rings. The smallest absolute Gasteiger partial charge is 0.349 e. The van der Waals surface area contributed by atoms with Crippen LogP contribution in [0.15, 0.2) is 71.6 Å². The number of hydrogen-bond acceptors (Lipinski definition) is 3. The fourth-order valence-electron chi connectivity index (χ4n) is 5.20. The van der Waals surface area contributed by atoms with Crippen molar-refractivity contribution in [3.05, 3.63) is 101 Å². The number of ether oxygens (including phenoxy) is 1. The molecule has 0 atom stereocenters. The number of halogens is 8. The number of aryl methyl sites for hydroxylation is 1. The van der Waals surface area contributed by atoms with E-state index in [2.05, 4.69) is 4.74 Å². The normalized spacial score (nSPS) is 16.3. The molecule has 4 rings (SSSR count). The second kappa shape index (κ2) is 10.4. The van der Waals surface area contributed by atoms with Crippen LogP contribution in [0.5, 0.6) is 0 Å². The molecule has 3 nitrogen and oxygen atoms in total. The lowest BCUT2D eigenvalue weighted by Gasteiger charge is -2.38. The summed E-state index contributed by atoms with van der Waals surface area (Å²) in [6.45, 7) is 0.161. The van der Waals surface area contributed by atoms with Crippen molar-refractivity contribution in [1.82, 2.24) is 0 Å². The molecule has 0 radical (unpaired) electrons. The van der Waals surface area contributed by atoms with Crippen molar-refractivity contribution in [2.45, 2.75) is 66.8 Å². The maximum atomic E-state index is 14.3. The molecule has 0 aliphatic heterocycles. The largest absolute Gasteiger partial charge is 0.430 e. The number of hydrogen-bond donors (Lipinski definition) is 0. The zero-order chi connectivity index (χ0) is 29.6. The standard InChI is InChI=1S/C28H24F8O3S/c1-18-4-5-19(24(30)16-18)17-39-26(27(31,32)33,28(34,35)36)21-8-6-20(7-9-21)25(14-2-3-15-25)40(37,38)23-12-10-22(29)11-13-23/h4-13,16H,2-3,14-15,17H2,1H3. The van der Waals surface area contributed by atoms with Gasteiger partial charge >= 0.3 is 12.4 Å². The summed E-state index contributed by atoms with van der Waals surface area (Å²) < 4.78 is 144. The van der Waals surface area contributed by atoms with Crippen molar-refractivity contribution in [1.29, 1.82) is 0 Å². The Hall–Kier alpha value is -2.99. The zero-order valence-electron chi connectivity index (χ0n) is 21.0. The van der Waals surface area contributed by atoms with Crippen molar-refractivity contribution >= 4 is 9.84 Å². The Morgan fingerprint density at radius 1 is 0.800 bits per heavy atom. The van der Waals surface area contributed by atoms with Crippen LogP contribution in [-0.4, -0.2) is 20.8 Å². The van der Waals surface area contributed by atoms with E-state index in [1.165, 1.54) is 13.0 Å². The Morgan fingerprint density at radius 2 is 1.35 bits per heavy atom. The summed E-state index contributed by atoms with van der Waals surface area (Å²) in [5.74, 6) is -1.70. The predicted molar refractivity (Wildman–Crippen MR) is 130 cm³/mol. The van der Waals surface area contributed by atoms with Gasteiger partial charge in [-0.3, -0.25) is 0 Å². The summed E-state index contributed by atoms with van der Waals surface area (Å²) in [4.78, 5) is -0.219. The minimum absolute atomic E-state index is 0.000836. The van der Waals surface area contributed by atoms with Gasteiger partial charge in [-0.05, 0) is 61.2 Å². The molecule has 12 heteroatoms. The lowest BCUT2D eigenvalue weighted by molar-refractivity contribution is -0.392. The minimum atomic E-state index is -6.01. The molecule has 1 aliphatic rings. The number of alkyl halides is 6. The SMILES string of the molecule is Cc1ccc(COC(c2ccc(C3(S(=O)(=O)c4ccc(F)cc4)CCCC3)cc2)(C(F)(F)F)C(F)(F)F)c(F)c1. The maximum absolute atomic E-state index is 14.3. The van der Waals surface area contributed by atoms with Gasteiger partial charge in [-0.2, -0.15) is 26.3 Å². The molecule has 1 saturated carbocycles. The molecular weight excluding hydrogens is 568 g/mol. The van der Waals surface area contributed by atoms with E-state index < -0.39 is 61.9 Å². The van der Waals surface area contributed by atoms with Crippen molar-refractivity contribution < 1.29 is 48.3 Å². The second-order valence-corrected chi connectivity index (χ2v) is 12.1. The van der Waals surface area contributed by atoms with Crippen LogP contribution in [0.25, 0.3) is 0 Å². The molecule has 3 aromatic carbocycles. The van der Waals surface area contributed by atoms with Crippen LogP contribution in [0.2, 0.25) is 0 Å². The van der Waals surface area contributed by atoms with Gasteiger partial charge in [-0.15, -0.1) is 0 Å². The average Bonchev–Trinajstić information content (AvgIpc) is 3.36. The van der Waals surface area contributed by atoms with Crippen molar-refractivity contribution in [2.24, 2.45) is 0 Å². The van der Waals surface area contributed by atoms with Gasteiger partial charge in [0.25, 0.3) is 5.60 Å². The molecule has 216 valence electrons. The van der Waals surface area contributed by atoms with Gasteiger partial charge in [0.05, 0.1) is 11.5 Å². The van der Waals surface area contributed by atoms with Gasteiger partial charge in [0.2, 0.25) is 0 Å². The lowest BCUT2D eigenvalue weighted by atomic mass is 9.88. The number of rotatable bonds is 7. The summed E-state index contributed by atoms with van der Waals surface area (Å²) in [7, 11) is -4.21. The highest BCUT2D eigenvalue weighted by Gasteiger charge is 2.73. The van der Waals surface area contributed by atoms with Gasteiger partial charge in [0.1, 0.15) is 16.4 Å². The molecule has 0 bridgehead atoms. The Bertz CT molecular complexity index is 1440. The molecule has 0 spiro atoms. The van der Waals surface area contributed by atoms with Crippen LogP contribution < -0.4 is 0 Å². The topological polar surface area (TPSA) is 43.4 Å². The summed E-state index contributed by atoms with van der Waals surface area (Å²) in [6, 6.07) is 10.3. The summed E-state index contributed by atoms with van der Waals surface area (Å²) in [6.07, 6.45) is -11.0. The van der Waals surface area contributed by atoms with Crippen LogP contribution in [-0.2, 0) is 31.5 Å². The summed E-state index contributed by atoms with van der Waals surface area (Å²) in [5, 5.41) is 0. The van der Waals surface area contributed by atoms with E-state index >= 15 is 0 Å². The Labute approximate surface area is 225 Å². The van der Waals surface area contributed by atoms with Gasteiger partial charge < -0.3 is 4.74 Å². The van der Waals surface area contributed by atoms with Crippen LogP contribution in [0.3, 0.4) is 0 Å². The molecule has 0 unspecified atom stereocenters. The first kappa shape index (κ1) is 30.0. The maximum Gasteiger partial charge on any atom is 0.430 e. The fraction of sp³-hybridized carbons (Fsp3) is 0.357. The van der Waals surface area contributed by atoms with Crippen LogP contribution >= 0.6 is 0 Å². The Morgan fingerprint density at radius 3 is 1.85 bits per heavy atom. The summed E-state index contributed by atoms with van der Waals surface area (Å²) in [5.41, 5.74) is -6.26. The third kappa shape index (κ3) is 5.00. The Balaban J connectivity index is 1.80. The molecule has 0 amide bonds. The lowest BCUT2D eigenvalue weighted by Crippen LogP contribution is -2.55. The molecule has 3 aromatic rings. The van der Waals surface area contributed by atoms with E-state index in [-0.39, 0.29) is 23.3 Å². The van der Waals surface area contributed by atoms with E-state index in [0.717, 1.165) is 48.5 Å². The Kier molecular flexibility index (Phi) is 7.83. The minimum Gasteiger partial charge on any atom is -0.349 e. The average molecular weight is 593 g/mol. The predicted octanol–water partition coefficient (Wildman–Crippen LogP) is 8.05. The van der Waals surface area contributed by atoms with Crippen LogP contribution in [0, 0.1) is 18.6 Å². The first-order valence-corrected chi connectivity index (χ1v) is 13.7. The van der Waals surface area contributed by atoms with Gasteiger partial charge in [0.15, 0.2) is 9.84 Å². The second-order valence-electron chi connectivity index (χ2n) is 9.80. The highest BCUT2D eigenvalue weighted by atomic mass is 32.2. The monoisotopic (exact) mass is 592 g/mol. The molecular formula is C28H24F8O3S. The molecule has 0 saturated heterocycles. The number of sulfone groups is 1. The zero-order valence-corrected chi connectivity index (χ0v) is 21.9. The first-order chi connectivity index (χ1) is 18.5. The van der Waals surface area contributed by atoms with E-state index in [4.69, 9.17) is 0 Å². The fourth-order valence-corrected chi connectivity index (χ4v) is 7.42.